The molecule has 1 fully saturated rings. The molecule has 0 aromatic carbocycles. The van der Waals surface area contributed by atoms with Crippen LogP contribution in [0.1, 0.15) is 26.7 Å². The standard InChI is InChI=1S/C10H22N2O3S.ClH/c1-8(7-15-3)16(13,14)12-10-5-4-6-11-9(10)2;/h8-12H,4-7H2,1-3H3;1H. The highest BCUT2D eigenvalue weighted by Gasteiger charge is 2.28. The third-order valence-electron chi connectivity index (χ3n) is 3.01. The third kappa shape index (κ3) is 5.09. The van der Waals surface area contributed by atoms with E-state index in [-0.39, 0.29) is 31.1 Å². The smallest absolute Gasteiger partial charge is 0.216 e. The molecule has 0 bridgehead atoms. The summed E-state index contributed by atoms with van der Waals surface area (Å²) in [4.78, 5) is 0. The van der Waals surface area contributed by atoms with E-state index in [0.717, 1.165) is 19.4 Å². The Morgan fingerprint density at radius 2 is 2.18 bits per heavy atom. The zero-order valence-electron chi connectivity index (χ0n) is 10.6. The van der Waals surface area contributed by atoms with E-state index in [2.05, 4.69) is 10.0 Å². The van der Waals surface area contributed by atoms with Gasteiger partial charge in [0.25, 0.3) is 0 Å². The quantitative estimate of drug-likeness (QED) is 0.772. The number of rotatable bonds is 5. The van der Waals surface area contributed by atoms with Gasteiger partial charge in [-0.3, -0.25) is 0 Å². The fourth-order valence-corrected chi connectivity index (χ4v) is 3.15. The molecule has 0 aromatic rings. The van der Waals surface area contributed by atoms with Crippen molar-refractivity contribution in [1.82, 2.24) is 10.0 Å². The van der Waals surface area contributed by atoms with E-state index < -0.39 is 15.3 Å². The van der Waals surface area contributed by atoms with Gasteiger partial charge in [0.05, 0.1) is 11.9 Å². The number of ether oxygens (including phenoxy) is 1. The second-order valence-corrected chi connectivity index (χ2v) is 6.55. The van der Waals surface area contributed by atoms with Crippen molar-refractivity contribution in [3.8, 4) is 0 Å². The van der Waals surface area contributed by atoms with Crippen molar-refractivity contribution in [3.05, 3.63) is 0 Å². The van der Waals surface area contributed by atoms with Crippen molar-refractivity contribution >= 4 is 22.4 Å². The molecular weight excluding hydrogens is 264 g/mol. The lowest BCUT2D eigenvalue weighted by Gasteiger charge is -2.31. The topological polar surface area (TPSA) is 67.4 Å². The van der Waals surface area contributed by atoms with Crippen LogP contribution in [0.2, 0.25) is 0 Å². The van der Waals surface area contributed by atoms with E-state index in [0.29, 0.717) is 0 Å². The van der Waals surface area contributed by atoms with Gasteiger partial charge in [0.1, 0.15) is 0 Å². The molecule has 0 saturated carbocycles. The number of nitrogens with one attached hydrogen (secondary N) is 2. The Labute approximate surface area is 110 Å². The molecule has 0 radical (unpaired) electrons. The van der Waals surface area contributed by atoms with E-state index in [4.69, 9.17) is 4.74 Å². The summed E-state index contributed by atoms with van der Waals surface area (Å²) in [5.41, 5.74) is 0. The van der Waals surface area contributed by atoms with Crippen LogP contribution in [-0.2, 0) is 14.8 Å². The second kappa shape index (κ2) is 7.53. The van der Waals surface area contributed by atoms with Crippen LogP contribution in [0.3, 0.4) is 0 Å². The van der Waals surface area contributed by atoms with E-state index in [1.54, 1.807) is 6.92 Å². The highest BCUT2D eigenvalue weighted by atomic mass is 35.5. The first kappa shape index (κ1) is 17.1. The summed E-state index contributed by atoms with van der Waals surface area (Å²) in [5.74, 6) is 0. The van der Waals surface area contributed by atoms with Gasteiger partial charge < -0.3 is 10.1 Å². The van der Waals surface area contributed by atoms with Crippen LogP contribution in [-0.4, -0.2) is 46.0 Å². The minimum atomic E-state index is -3.27. The van der Waals surface area contributed by atoms with Gasteiger partial charge in [0.2, 0.25) is 10.0 Å². The number of methoxy groups -OCH3 is 1. The fourth-order valence-electron chi connectivity index (χ4n) is 1.86. The molecular formula is C10H23ClN2O3S. The van der Waals surface area contributed by atoms with Crippen molar-refractivity contribution in [3.63, 3.8) is 0 Å². The van der Waals surface area contributed by atoms with Crippen molar-refractivity contribution < 1.29 is 13.2 Å². The van der Waals surface area contributed by atoms with Gasteiger partial charge in [-0.25, -0.2) is 13.1 Å². The van der Waals surface area contributed by atoms with Gasteiger partial charge in [-0.15, -0.1) is 12.4 Å². The van der Waals surface area contributed by atoms with Crippen LogP contribution in [0.15, 0.2) is 0 Å². The SMILES string of the molecule is COCC(C)S(=O)(=O)NC1CCCNC1C.Cl. The first-order chi connectivity index (χ1) is 7.47. The van der Waals surface area contributed by atoms with E-state index in [9.17, 15) is 8.42 Å². The van der Waals surface area contributed by atoms with E-state index >= 15 is 0 Å². The summed E-state index contributed by atoms with van der Waals surface area (Å²) in [6, 6.07) is 0.191. The lowest BCUT2D eigenvalue weighted by Crippen LogP contribution is -2.53. The average Bonchev–Trinajstić information content (AvgIpc) is 2.21. The largest absolute Gasteiger partial charge is 0.383 e. The number of hydrogen-bond donors (Lipinski definition) is 2. The zero-order chi connectivity index (χ0) is 12.2. The predicted octanol–water partition coefficient (Wildman–Crippen LogP) is 0.503. The van der Waals surface area contributed by atoms with Crippen LogP contribution in [0.25, 0.3) is 0 Å². The van der Waals surface area contributed by atoms with Crippen molar-refractivity contribution in [2.45, 2.75) is 44.0 Å². The number of halogens is 1. The molecule has 5 nitrogen and oxygen atoms in total. The van der Waals surface area contributed by atoms with Crippen molar-refractivity contribution in [2.75, 3.05) is 20.3 Å². The minimum Gasteiger partial charge on any atom is -0.383 e. The molecule has 3 atom stereocenters. The molecule has 3 unspecified atom stereocenters. The normalized spacial score (nSPS) is 27.2. The highest BCUT2D eigenvalue weighted by molar-refractivity contribution is 7.90. The van der Waals surface area contributed by atoms with E-state index in [1.807, 2.05) is 6.92 Å². The number of hydrogen-bond acceptors (Lipinski definition) is 4. The third-order valence-corrected chi connectivity index (χ3v) is 4.84. The molecule has 1 rings (SSSR count). The number of sulfonamides is 1. The molecule has 2 N–H and O–H groups in total. The molecule has 17 heavy (non-hydrogen) atoms. The van der Waals surface area contributed by atoms with Gasteiger partial charge in [0.15, 0.2) is 0 Å². The maximum absolute atomic E-state index is 11.9. The molecule has 1 saturated heterocycles. The Kier molecular flexibility index (Phi) is 7.58. The molecule has 0 amide bonds. The highest BCUT2D eigenvalue weighted by Crippen LogP contribution is 2.11. The summed E-state index contributed by atoms with van der Waals surface area (Å²) in [6.45, 7) is 4.86. The van der Waals surface area contributed by atoms with Crippen LogP contribution in [0.5, 0.6) is 0 Å². The Morgan fingerprint density at radius 3 is 2.71 bits per heavy atom. The van der Waals surface area contributed by atoms with Gasteiger partial charge in [-0.1, -0.05) is 0 Å². The molecule has 104 valence electrons. The minimum absolute atomic E-state index is 0. The lowest BCUT2D eigenvalue weighted by molar-refractivity contribution is 0.199. The van der Waals surface area contributed by atoms with Crippen LogP contribution >= 0.6 is 12.4 Å². The van der Waals surface area contributed by atoms with Crippen molar-refractivity contribution in [2.24, 2.45) is 0 Å². The van der Waals surface area contributed by atoms with Gasteiger partial charge >= 0.3 is 0 Å². The van der Waals surface area contributed by atoms with Gasteiger partial charge in [-0.05, 0) is 33.2 Å². The molecule has 1 heterocycles. The summed E-state index contributed by atoms with van der Waals surface area (Å²) < 4.78 is 31.5. The first-order valence-electron chi connectivity index (χ1n) is 5.71. The summed E-state index contributed by atoms with van der Waals surface area (Å²) in [7, 11) is -1.76. The fraction of sp³-hybridized carbons (Fsp3) is 1.00. The van der Waals surface area contributed by atoms with Crippen LogP contribution < -0.4 is 10.0 Å². The maximum atomic E-state index is 11.9. The summed E-state index contributed by atoms with van der Waals surface area (Å²) in [5, 5.41) is 2.76. The molecule has 0 aromatic heterocycles. The van der Waals surface area contributed by atoms with Crippen LogP contribution in [0, 0.1) is 0 Å². The molecule has 0 aliphatic carbocycles. The molecule has 1 aliphatic rings. The summed E-state index contributed by atoms with van der Waals surface area (Å²) in [6.07, 6.45) is 1.91. The molecule has 1 aliphatic heterocycles. The Bertz CT molecular complexity index is 311. The van der Waals surface area contributed by atoms with Gasteiger partial charge in [-0.2, -0.15) is 0 Å². The first-order valence-corrected chi connectivity index (χ1v) is 7.25. The molecule has 0 spiro atoms. The van der Waals surface area contributed by atoms with Crippen LogP contribution in [0.4, 0.5) is 0 Å². The lowest BCUT2D eigenvalue weighted by atomic mass is 10.0. The van der Waals surface area contributed by atoms with E-state index in [1.165, 1.54) is 7.11 Å². The number of piperidine rings is 1. The Hall–Kier alpha value is 0.120. The average molecular weight is 287 g/mol. The van der Waals surface area contributed by atoms with Crippen molar-refractivity contribution in [1.29, 1.82) is 0 Å². The Morgan fingerprint density at radius 1 is 1.53 bits per heavy atom. The zero-order valence-corrected chi connectivity index (χ0v) is 12.2. The predicted molar refractivity (Wildman–Crippen MR) is 71.1 cm³/mol. The monoisotopic (exact) mass is 286 g/mol. The van der Waals surface area contributed by atoms with Gasteiger partial charge in [0, 0.05) is 19.2 Å². The Balaban J connectivity index is 0.00000256. The summed E-state index contributed by atoms with van der Waals surface area (Å²) >= 11 is 0. The maximum Gasteiger partial charge on any atom is 0.216 e. The molecule has 7 heteroatoms. The second-order valence-electron chi connectivity index (χ2n) is 4.42.